The minimum absolute atomic E-state index is 0.0291. The minimum Gasteiger partial charge on any atom is -0.508 e. The summed E-state index contributed by atoms with van der Waals surface area (Å²) in [5.41, 5.74) is 6.97. The van der Waals surface area contributed by atoms with E-state index in [9.17, 15) is 34.2 Å². The lowest BCUT2D eigenvalue weighted by atomic mass is 10.0. The van der Waals surface area contributed by atoms with Gasteiger partial charge >= 0.3 is 11.9 Å². The topological polar surface area (TPSA) is 237 Å². The van der Waals surface area contributed by atoms with Gasteiger partial charge in [-0.05, 0) is 31.0 Å². The number of phenols is 1. The molecule has 0 saturated carbocycles. The van der Waals surface area contributed by atoms with Crippen LogP contribution in [0.15, 0.2) is 36.8 Å². The van der Waals surface area contributed by atoms with Crippen molar-refractivity contribution in [3.05, 3.63) is 48.0 Å². The number of nitrogens with zero attached hydrogens (tertiary/aromatic N) is 1. The number of benzene rings is 1. The first kappa shape index (κ1) is 27.8. The van der Waals surface area contributed by atoms with Gasteiger partial charge in [-0.2, -0.15) is 0 Å². The SMILES string of the molecule is CC(NC(=O)C(Cc1cnc[nH]1)NC(=O)C(CC(=O)O)NC(=O)C(N)Cc1ccc(O)cc1)C(=O)O. The van der Waals surface area contributed by atoms with Gasteiger partial charge in [0.15, 0.2) is 0 Å². The molecule has 2 aromatic rings. The van der Waals surface area contributed by atoms with Crippen LogP contribution in [-0.4, -0.2) is 79.1 Å². The number of phenolic OH excluding ortho intramolecular Hbond substituents is 1. The average Bonchev–Trinajstić information content (AvgIpc) is 3.32. The second-order valence-electron chi connectivity index (χ2n) is 8.05. The van der Waals surface area contributed by atoms with Crippen molar-refractivity contribution in [1.29, 1.82) is 0 Å². The third-order valence-electron chi connectivity index (χ3n) is 5.08. The van der Waals surface area contributed by atoms with Crippen molar-refractivity contribution in [1.82, 2.24) is 25.9 Å². The number of hydrogen-bond acceptors (Lipinski definition) is 8. The number of nitrogens with one attached hydrogen (secondary N) is 4. The van der Waals surface area contributed by atoms with Crippen molar-refractivity contribution in [2.45, 2.75) is 50.4 Å². The Labute approximate surface area is 205 Å². The van der Waals surface area contributed by atoms with Gasteiger partial charge in [0, 0.05) is 18.3 Å². The molecule has 1 heterocycles. The van der Waals surface area contributed by atoms with Crippen molar-refractivity contribution in [2.75, 3.05) is 0 Å². The summed E-state index contributed by atoms with van der Waals surface area (Å²) < 4.78 is 0. The van der Waals surface area contributed by atoms with E-state index >= 15 is 0 Å². The highest BCUT2D eigenvalue weighted by Gasteiger charge is 2.31. The Morgan fingerprint density at radius 1 is 0.944 bits per heavy atom. The zero-order valence-corrected chi connectivity index (χ0v) is 19.3. The lowest BCUT2D eigenvalue weighted by Crippen LogP contribution is -2.58. The highest BCUT2D eigenvalue weighted by molar-refractivity contribution is 5.95. The van der Waals surface area contributed by atoms with Crippen LogP contribution in [0.25, 0.3) is 0 Å². The summed E-state index contributed by atoms with van der Waals surface area (Å²) in [5, 5.41) is 34.5. The molecule has 1 aromatic carbocycles. The first-order valence-corrected chi connectivity index (χ1v) is 10.8. The molecule has 14 nitrogen and oxygen atoms in total. The number of rotatable bonds is 13. The maximum Gasteiger partial charge on any atom is 0.325 e. The Kier molecular flexibility index (Phi) is 9.92. The third-order valence-corrected chi connectivity index (χ3v) is 5.08. The fraction of sp³-hybridized carbons (Fsp3) is 0.364. The van der Waals surface area contributed by atoms with E-state index in [1.807, 2.05) is 0 Å². The Morgan fingerprint density at radius 3 is 2.11 bits per heavy atom. The van der Waals surface area contributed by atoms with Crippen LogP contribution in [0.5, 0.6) is 5.75 Å². The standard InChI is InChI=1S/C22H28N6O8/c1-11(22(35)36)26-20(33)16(7-13-9-24-10-25-13)28-21(34)17(8-18(30)31)27-19(32)15(23)6-12-2-4-14(29)5-3-12/h2-5,9-11,15-17,29H,6-8,23H2,1H3,(H,24,25)(H,26,33)(H,27,32)(H,28,34)(H,30,31)(H,35,36). The van der Waals surface area contributed by atoms with Gasteiger partial charge in [-0.1, -0.05) is 12.1 Å². The molecule has 0 saturated heterocycles. The molecular formula is C22H28N6O8. The van der Waals surface area contributed by atoms with Crippen LogP contribution in [0.2, 0.25) is 0 Å². The normalized spacial score (nSPS) is 14.1. The second kappa shape index (κ2) is 12.9. The van der Waals surface area contributed by atoms with Crippen LogP contribution in [0.1, 0.15) is 24.6 Å². The van der Waals surface area contributed by atoms with Gasteiger partial charge in [0.1, 0.15) is 23.9 Å². The van der Waals surface area contributed by atoms with Crippen LogP contribution < -0.4 is 21.7 Å². The molecule has 4 unspecified atom stereocenters. The summed E-state index contributed by atoms with van der Waals surface area (Å²) >= 11 is 0. The summed E-state index contributed by atoms with van der Waals surface area (Å²) in [4.78, 5) is 67.2. The van der Waals surface area contributed by atoms with Crippen LogP contribution in [0.4, 0.5) is 0 Å². The number of aromatic hydroxyl groups is 1. The van der Waals surface area contributed by atoms with Crippen molar-refractivity contribution in [3.8, 4) is 5.75 Å². The van der Waals surface area contributed by atoms with E-state index in [2.05, 4.69) is 25.9 Å². The van der Waals surface area contributed by atoms with Crippen molar-refractivity contribution >= 4 is 29.7 Å². The first-order valence-electron chi connectivity index (χ1n) is 10.8. The van der Waals surface area contributed by atoms with Gasteiger partial charge in [-0.3, -0.25) is 24.0 Å². The van der Waals surface area contributed by atoms with E-state index < -0.39 is 60.2 Å². The molecule has 0 aliphatic carbocycles. The zero-order valence-electron chi connectivity index (χ0n) is 19.3. The number of carboxylic acid groups (broad SMARTS) is 2. The first-order chi connectivity index (χ1) is 17.0. The van der Waals surface area contributed by atoms with Gasteiger partial charge in [-0.15, -0.1) is 0 Å². The molecule has 36 heavy (non-hydrogen) atoms. The summed E-state index contributed by atoms with van der Waals surface area (Å²) in [7, 11) is 0. The van der Waals surface area contributed by atoms with Crippen molar-refractivity contribution in [2.24, 2.45) is 5.73 Å². The van der Waals surface area contributed by atoms with E-state index in [1.54, 1.807) is 12.1 Å². The van der Waals surface area contributed by atoms with E-state index in [1.165, 1.54) is 31.6 Å². The number of aromatic nitrogens is 2. The third kappa shape index (κ3) is 8.72. The van der Waals surface area contributed by atoms with E-state index in [4.69, 9.17) is 10.8 Å². The Morgan fingerprint density at radius 2 is 1.56 bits per heavy atom. The summed E-state index contributed by atoms with van der Waals surface area (Å²) in [6.07, 6.45) is 1.87. The lowest BCUT2D eigenvalue weighted by Gasteiger charge is -2.24. The van der Waals surface area contributed by atoms with Crippen LogP contribution >= 0.6 is 0 Å². The molecule has 194 valence electrons. The maximum atomic E-state index is 12.9. The van der Waals surface area contributed by atoms with Crippen LogP contribution in [0, 0.1) is 0 Å². The maximum absolute atomic E-state index is 12.9. The smallest absolute Gasteiger partial charge is 0.325 e. The molecule has 4 atom stereocenters. The Hall–Kier alpha value is -4.46. The number of carbonyl (C=O) groups excluding carboxylic acids is 3. The molecule has 0 spiro atoms. The second-order valence-corrected chi connectivity index (χ2v) is 8.05. The number of carbonyl (C=O) groups is 5. The van der Waals surface area contributed by atoms with E-state index in [0.29, 0.717) is 11.3 Å². The van der Waals surface area contributed by atoms with E-state index in [0.717, 1.165) is 0 Å². The quantitative estimate of drug-likeness (QED) is 0.153. The van der Waals surface area contributed by atoms with Gasteiger partial charge in [0.05, 0.1) is 18.8 Å². The van der Waals surface area contributed by atoms with Gasteiger partial charge in [0.2, 0.25) is 17.7 Å². The average molecular weight is 505 g/mol. The van der Waals surface area contributed by atoms with Crippen molar-refractivity contribution < 1.29 is 39.3 Å². The monoisotopic (exact) mass is 504 g/mol. The molecule has 0 fully saturated rings. The lowest BCUT2D eigenvalue weighted by molar-refractivity contribution is -0.143. The molecule has 1 aromatic heterocycles. The molecule has 9 N–H and O–H groups in total. The summed E-state index contributed by atoms with van der Waals surface area (Å²) in [6.45, 7) is 1.23. The Bertz CT molecular complexity index is 1070. The summed E-state index contributed by atoms with van der Waals surface area (Å²) in [6, 6.07) is 0.660. The molecule has 0 aliphatic rings. The zero-order chi connectivity index (χ0) is 26.8. The van der Waals surface area contributed by atoms with Gasteiger partial charge < -0.3 is 42.0 Å². The molecule has 14 heteroatoms. The predicted molar refractivity (Wildman–Crippen MR) is 123 cm³/mol. The number of imidazole rings is 1. The Balaban J connectivity index is 2.13. The molecule has 0 aliphatic heterocycles. The van der Waals surface area contributed by atoms with Crippen LogP contribution in [-0.2, 0) is 36.8 Å². The van der Waals surface area contributed by atoms with Crippen LogP contribution in [0.3, 0.4) is 0 Å². The van der Waals surface area contributed by atoms with Gasteiger partial charge in [0.25, 0.3) is 0 Å². The summed E-state index contributed by atoms with van der Waals surface area (Å²) in [5.74, 6) is -5.28. The predicted octanol–water partition coefficient (Wildman–Crippen LogP) is -1.74. The number of aromatic amines is 1. The number of carboxylic acids is 2. The molecule has 2 rings (SSSR count). The van der Waals surface area contributed by atoms with Gasteiger partial charge in [-0.25, -0.2) is 4.98 Å². The molecule has 0 radical (unpaired) electrons. The highest BCUT2D eigenvalue weighted by atomic mass is 16.4. The van der Waals surface area contributed by atoms with E-state index in [-0.39, 0.29) is 18.6 Å². The molecular weight excluding hydrogens is 476 g/mol. The number of hydrogen-bond donors (Lipinski definition) is 8. The highest BCUT2D eigenvalue weighted by Crippen LogP contribution is 2.11. The van der Waals surface area contributed by atoms with Crippen molar-refractivity contribution in [3.63, 3.8) is 0 Å². The largest absolute Gasteiger partial charge is 0.508 e. The molecule has 0 bridgehead atoms. The minimum atomic E-state index is -1.57. The fourth-order valence-electron chi connectivity index (χ4n) is 3.11. The molecule has 3 amide bonds. The number of H-pyrrole nitrogens is 1. The number of aliphatic carboxylic acids is 2. The number of amides is 3. The number of nitrogens with two attached hydrogens (primary N) is 1. The fourth-order valence-corrected chi connectivity index (χ4v) is 3.11.